The van der Waals surface area contributed by atoms with Crippen molar-refractivity contribution in [3.05, 3.63) is 35.1 Å². The number of carbonyl (C=O) groups excluding carboxylic acids is 1. The van der Waals surface area contributed by atoms with Crippen molar-refractivity contribution in [3.63, 3.8) is 0 Å². The van der Waals surface area contributed by atoms with E-state index in [2.05, 4.69) is 11.8 Å². The van der Waals surface area contributed by atoms with Crippen LogP contribution in [0.2, 0.25) is 0 Å². The second kappa shape index (κ2) is 7.06. The van der Waals surface area contributed by atoms with E-state index in [4.69, 9.17) is 5.11 Å². The number of hydrogen-bond donors (Lipinski definition) is 1. The first kappa shape index (κ1) is 16.2. The molecule has 0 saturated heterocycles. The quantitative estimate of drug-likeness (QED) is 0.861. The molecule has 0 bridgehead atoms. The van der Waals surface area contributed by atoms with Crippen LogP contribution in [0.3, 0.4) is 0 Å². The molecule has 0 aromatic heterocycles. The Balaban J connectivity index is 3.17. The van der Waals surface area contributed by atoms with Crippen molar-refractivity contribution in [2.75, 3.05) is 13.7 Å². The lowest BCUT2D eigenvalue weighted by molar-refractivity contribution is 0.0706. The molecule has 0 spiro atoms. The summed E-state index contributed by atoms with van der Waals surface area (Å²) in [4.78, 5) is 14.0. The van der Waals surface area contributed by atoms with Gasteiger partial charge in [-0.2, -0.15) is 0 Å². The van der Waals surface area contributed by atoms with Gasteiger partial charge in [0.2, 0.25) is 0 Å². The molecule has 0 fully saturated rings. The molecule has 20 heavy (non-hydrogen) atoms. The molecule has 0 radical (unpaired) electrons. The van der Waals surface area contributed by atoms with Crippen LogP contribution >= 0.6 is 0 Å². The Morgan fingerprint density at radius 3 is 2.60 bits per heavy atom. The topological polar surface area (TPSA) is 40.5 Å². The molecule has 1 atom stereocenters. The van der Waals surface area contributed by atoms with Gasteiger partial charge in [0.25, 0.3) is 5.91 Å². The average molecular weight is 277 g/mol. The van der Waals surface area contributed by atoms with E-state index in [1.54, 1.807) is 11.9 Å². The van der Waals surface area contributed by atoms with Crippen LogP contribution in [-0.2, 0) is 0 Å². The summed E-state index contributed by atoms with van der Waals surface area (Å²) in [7, 11) is 1.70. The largest absolute Gasteiger partial charge is 0.384 e. The molecule has 1 amide bonds. The fourth-order valence-electron chi connectivity index (χ4n) is 1.76. The van der Waals surface area contributed by atoms with Crippen molar-refractivity contribution in [3.8, 4) is 11.8 Å². The summed E-state index contributed by atoms with van der Waals surface area (Å²) in [5, 5.41) is 8.74. The number of carbonyl (C=O) groups is 1. The molecular formula is C16H20FNO2. The summed E-state index contributed by atoms with van der Waals surface area (Å²) in [6, 6.07) is 3.93. The van der Waals surface area contributed by atoms with Crippen molar-refractivity contribution in [2.24, 2.45) is 5.92 Å². The average Bonchev–Trinajstić information content (AvgIpc) is 2.43. The van der Waals surface area contributed by atoms with Crippen LogP contribution in [0.25, 0.3) is 0 Å². The van der Waals surface area contributed by atoms with Gasteiger partial charge in [0.1, 0.15) is 12.4 Å². The number of benzene rings is 1. The Morgan fingerprint density at radius 1 is 1.40 bits per heavy atom. The van der Waals surface area contributed by atoms with Crippen LogP contribution in [0.5, 0.6) is 0 Å². The number of rotatable bonds is 3. The van der Waals surface area contributed by atoms with E-state index in [-0.39, 0.29) is 24.1 Å². The van der Waals surface area contributed by atoms with Crippen LogP contribution in [0.15, 0.2) is 18.2 Å². The molecule has 0 heterocycles. The van der Waals surface area contributed by atoms with Crippen LogP contribution in [-0.4, -0.2) is 35.6 Å². The standard InChI is InChI=1S/C16H20FNO2/c1-11(2)12(3)18(4)16(20)15-10-14(17)8-7-13(15)6-5-9-19/h7-8,10-12,19H,9H2,1-4H3. The minimum Gasteiger partial charge on any atom is -0.384 e. The molecular weight excluding hydrogens is 257 g/mol. The zero-order valence-electron chi connectivity index (χ0n) is 12.3. The summed E-state index contributed by atoms with van der Waals surface area (Å²) >= 11 is 0. The molecule has 3 nitrogen and oxygen atoms in total. The maximum Gasteiger partial charge on any atom is 0.255 e. The molecule has 1 aromatic rings. The lowest BCUT2D eigenvalue weighted by Crippen LogP contribution is -2.38. The van der Waals surface area contributed by atoms with E-state index in [1.807, 2.05) is 20.8 Å². The number of amides is 1. The zero-order chi connectivity index (χ0) is 15.3. The fourth-order valence-corrected chi connectivity index (χ4v) is 1.76. The zero-order valence-corrected chi connectivity index (χ0v) is 12.3. The third-order valence-corrected chi connectivity index (χ3v) is 3.41. The van der Waals surface area contributed by atoms with Crippen molar-refractivity contribution >= 4 is 5.91 Å². The molecule has 0 aliphatic carbocycles. The molecule has 0 saturated carbocycles. The smallest absolute Gasteiger partial charge is 0.255 e. The fraction of sp³-hybridized carbons (Fsp3) is 0.438. The van der Waals surface area contributed by atoms with E-state index in [0.717, 1.165) is 0 Å². The lowest BCUT2D eigenvalue weighted by atomic mass is 10.0. The van der Waals surface area contributed by atoms with Crippen molar-refractivity contribution in [1.29, 1.82) is 0 Å². The molecule has 1 N–H and O–H groups in total. The highest BCUT2D eigenvalue weighted by molar-refractivity contribution is 5.96. The van der Waals surface area contributed by atoms with Gasteiger partial charge in [0.05, 0.1) is 5.56 Å². The van der Waals surface area contributed by atoms with Gasteiger partial charge >= 0.3 is 0 Å². The second-order valence-corrected chi connectivity index (χ2v) is 5.05. The number of hydrogen-bond acceptors (Lipinski definition) is 2. The first-order chi connectivity index (χ1) is 9.38. The normalized spacial score (nSPS) is 11.8. The number of halogens is 1. The van der Waals surface area contributed by atoms with Gasteiger partial charge in [-0.15, -0.1) is 0 Å². The highest BCUT2D eigenvalue weighted by Gasteiger charge is 2.22. The molecule has 1 rings (SSSR count). The number of nitrogens with zero attached hydrogens (tertiary/aromatic N) is 1. The predicted octanol–water partition coefficient (Wildman–Crippen LogP) is 2.29. The van der Waals surface area contributed by atoms with Gasteiger partial charge in [0, 0.05) is 18.7 Å². The van der Waals surface area contributed by atoms with E-state index in [1.165, 1.54) is 18.2 Å². The van der Waals surface area contributed by atoms with Gasteiger partial charge in [-0.25, -0.2) is 4.39 Å². The number of aliphatic hydroxyl groups is 1. The van der Waals surface area contributed by atoms with Gasteiger partial charge in [-0.1, -0.05) is 25.7 Å². The molecule has 0 aliphatic heterocycles. The van der Waals surface area contributed by atoms with Gasteiger partial charge in [0.15, 0.2) is 0 Å². The van der Waals surface area contributed by atoms with Crippen LogP contribution in [0.1, 0.15) is 36.7 Å². The summed E-state index contributed by atoms with van der Waals surface area (Å²) in [6.07, 6.45) is 0. The minimum atomic E-state index is -0.478. The maximum atomic E-state index is 13.4. The SMILES string of the molecule is CC(C)C(C)N(C)C(=O)c1cc(F)ccc1C#CCO. The van der Waals surface area contributed by atoms with Crippen molar-refractivity contribution < 1.29 is 14.3 Å². The van der Waals surface area contributed by atoms with Crippen LogP contribution in [0.4, 0.5) is 4.39 Å². The van der Waals surface area contributed by atoms with Gasteiger partial charge < -0.3 is 10.0 Å². The Hall–Kier alpha value is -1.86. The van der Waals surface area contributed by atoms with Crippen LogP contribution in [0, 0.1) is 23.6 Å². The third kappa shape index (κ3) is 3.82. The molecule has 108 valence electrons. The lowest BCUT2D eigenvalue weighted by Gasteiger charge is -2.28. The first-order valence-corrected chi connectivity index (χ1v) is 6.55. The summed E-state index contributed by atoms with van der Waals surface area (Å²) < 4.78 is 13.4. The van der Waals surface area contributed by atoms with Gasteiger partial charge in [-0.3, -0.25) is 4.79 Å². The molecule has 4 heteroatoms. The third-order valence-electron chi connectivity index (χ3n) is 3.41. The summed E-state index contributed by atoms with van der Waals surface area (Å²) in [5.41, 5.74) is 0.647. The highest BCUT2D eigenvalue weighted by atomic mass is 19.1. The van der Waals surface area contributed by atoms with E-state index in [9.17, 15) is 9.18 Å². The number of aliphatic hydroxyl groups excluding tert-OH is 1. The molecule has 0 aliphatic rings. The Labute approximate surface area is 119 Å². The Kier molecular flexibility index (Phi) is 5.72. The minimum absolute atomic E-state index is 0.0319. The van der Waals surface area contributed by atoms with E-state index >= 15 is 0 Å². The first-order valence-electron chi connectivity index (χ1n) is 6.55. The highest BCUT2D eigenvalue weighted by Crippen LogP contribution is 2.16. The second-order valence-electron chi connectivity index (χ2n) is 5.05. The summed E-state index contributed by atoms with van der Waals surface area (Å²) in [5.74, 6) is 4.71. The molecule has 1 unspecified atom stereocenters. The maximum absolute atomic E-state index is 13.4. The molecule has 1 aromatic carbocycles. The Bertz CT molecular complexity index is 543. The van der Waals surface area contributed by atoms with Gasteiger partial charge in [-0.05, 0) is 31.0 Å². The van der Waals surface area contributed by atoms with Crippen molar-refractivity contribution in [2.45, 2.75) is 26.8 Å². The predicted molar refractivity (Wildman–Crippen MR) is 76.8 cm³/mol. The monoisotopic (exact) mass is 277 g/mol. The van der Waals surface area contributed by atoms with Crippen LogP contribution < -0.4 is 0 Å². The summed E-state index contributed by atoms with van der Waals surface area (Å²) in [6.45, 7) is 5.68. The van der Waals surface area contributed by atoms with E-state index < -0.39 is 5.82 Å². The van der Waals surface area contributed by atoms with Crippen molar-refractivity contribution in [1.82, 2.24) is 4.90 Å². The Morgan fingerprint density at radius 2 is 2.05 bits per heavy atom. The van der Waals surface area contributed by atoms with E-state index in [0.29, 0.717) is 11.5 Å².